The van der Waals surface area contributed by atoms with Crippen LogP contribution in [0.15, 0.2) is 53.4 Å². The minimum atomic E-state index is -0.643. The molecular formula is C18H15NO4S. The maximum absolute atomic E-state index is 12.2. The number of aryl methyl sites for hydroxylation is 1. The molecule has 1 aliphatic heterocycles. The highest BCUT2D eigenvalue weighted by molar-refractivity contribution is 8.00. The van der Waals surface area contributed by atoms with Crippen LogP contribution in [-0.4, -0.2) is 28.1 Å². The summed E-state index contributed by atoms with van der Waals surface area (Å²) in [6, 6.07) is 14.1. The van der Waals surface area contributed by atoms with Gasteiger partial charge >= 0.3 is 5.97 Å². The number of hydroxylamine groups is 2. The van der Waals surface area contributed by atoms with Crippen molar-refractivity contribution in [3.8, 4) is 0 Å². The summed E-state index contributed by atoms with van der Waals surface area (Å²) >= 11 is 1.31. The van der Waals surface area contributed by atoms with Crippen LogP contribution in [0.3, 0.4) is 0 Å². The molecule has 0 aliphatic carbocycles. The van der Waals surface area contributed by atoms with Crippen molar-refractivity contribution in [3.05, 3.63) is 65.2 Å². The summed E-state index contributed by atoms with van der Waals surface area (Å²) in [7, 11) is 0. The maximum Gasteiger partial charge on any atom is 0.346 e. The number of carbonyl (C=O) groups excluding carboxylic acids is 3. The van der Waals surface area contributed by atoms with Gasteiger partial charge in [0.1, 0.15) is 5.25 Å². The van der Waals surface area contributed by atoms with Crippen LogP contribution < -0.4 is 0 Å². The molecule has 2 aromatic rings. The van der Waals surface area contributed by atoms with E-state index in [9.17, 15) is 14.4 Å². The molecule has 6 heteroatoms. The van der Waals surface area contributed by atoms with Crippen LogP contribution in [0, 0.1) is 6.92 Å². The lowest BCUT2D eigenvalue weighted by Crippen LogP contribution is -2.35. The number of nitrogens with zero attached hydrogens (tertiary/aromatic N) is 1. The van der Waals surface area contributed by atoms with E-state index in [-0.39, 0.29) is 11.1 Å². The zero-order chi connectivity index (χ0) is 17.3. The summed E-state index contributed by atoms with van der Waals surface area (Å²) < 4.78 is 0. The van der Waals surface area contributed by atoms with Crippen molar-refractivity contribution in [2.24, 2.45) is 0 Å². The van der Waals surface area contributed by atoms with Crippen molar-refractivity contribution in [2.45, 2.75) is 24.0 Å². The molecule has 0 saturated carbocycles. The first-order chi connectivity index (χ1) is 11.5. The van der Waals surface area contributed by atoms with Gasteiger partial charge in [-0.3, -0.25) is 9.59 Å². The number of amides is 2. The van der Waals surface area contributed by atoms with Crippen molar-refractivity contribution >= 4 is 29.5 Å². The van der Waals surface area contributed by atoms with Crippen LogP contribution >= 0.6 is 11.8 Å². The molecule has 0 saturated heterocycles. The lowest BCUT2D eigenvalue weighted by atomic mass is 10.1. The second-order valence-corrected chi connectivity index (χ2v) is 6.85. The number of benzene rings is 2. The van der Waals surface area contributed by atoms with Gasteiger partial charge in [-0.25, -0.2) is 4.79 Å². The molecule has 0 aromatic heterocycles. The lowest BCUT2D eigenvalue weighted by Gasteiger charge is -2.16. The first kappa shape index (κ1) is 16.3. The minimum Gasteiger partial charge on any atom is -0.328 e. The van der Waals surface area contributed by atoms with E-state index in [2.05, 4.69) is 0 Å². The van der Waals surface area contributed by atoms with Crippen molar-refractivity contribution in [1.29, 1.82) is 0 Å². The summed E-state index contributed by atoms with van der Waals surface area (Å²) in [5.74, 6) is -1.87. The normalized spacial score (nSPS) is 14.5. The van der Waals surface area contributed by atoms with Gasteiger partial charge in [0.25, 0.3) is 11.8 Å². The molecule has 2 amide bonds. The second-order valence-electron chi connectivity index (χ2n) is 5.43. The quantitative estimate of drug-likeness (QED) is 0.631. The van der Waals surface area contributed by atoms with Crippen LogP contribution in [-0.2, 0) is 9.63 Å². The van der Waals surface area contributed by atoms with E-state index in [1.54, 1.807) is 19.1 Å². The summed E-state index contributed by atoms with van der Waals surface area (Å²) in [4.78, 5) is 42.5. The molecule has 2 aromatic carbocycles. The molecule has 1 aliphatic rings. The molecule has 5 nitrogen and oxygen atoms in total. The molecule has 1 unspecified atom stereocenters. The van der Waals surface area contributed by atoms with Crippen LogP contribution in [0.2, 0.25) is 0 Å². The van der Waals surface area contributed by atoms with E-state index in [0.29, 0.717) is 5.06 Å². The van der Waals surface area contributed by atoms with E-state index < -0.39 is 23.0 Å². The first-order valence-corrected chi connectivity index (χ1v) is 8.28. The number of carbonyl (C=O) groups is 3. The fourth-order valence-corrected chi connectivity index (χ4v) is 3.12. The Bertz CT molecular complexity index is 781. The third-order valence-electron chi connectivity index (χ3n) is 3.60. The number of hydrogen-bond donors (Lipinski definition) is 0. The van der Waals surface area contributed by atoms with Gasteiger partial charge in [0.2, 0.25) is 0 Å². The number of rotatable bonds is 4. The monoisotopic (exact) mass is 341 g/mol. The zero-order valence-corrected chi connectivity index (χ0v) is 14.0. The smallest absolute Gasteiger partial charge is 0.328 e. The molecule has 0 bridgehead atoms. The topological polar surface area (TPSA) is 63.7 Å². The predicted molar refractivity (Wildman–Crippen MR) is 89.5 cm³/mol. The third kappa shape index (κ3) is 3.05. The SMILES string of the molecule is Cc1ccc(SC(C)C(=O)ON2C(=O)c3ccccc3C2=O)cc1. The summed E-state index contributed by atoms with van der Waals surface area (Å²) in [6.07, 6.45) is 0. The molecule has 1 atom stereocenters. The number of hydrogen-bond acceptors (Lipinski definition) is 5. The Kier molecular flexibility index (Phi) is 4.40. The minimum absolute atomic E-state index is 0.245. The van der Waals surface area contributed by atoms with Gasteiger partial charge in [-0.1, -0.05) is 34.9 Å². The van der Waals surface area contributed by atoms with Gasteiger partial charge in [0.05, 0.1) is 11.1 Å². The average Bonchev–Trinajstić information content (AvgIpc) is 2.82. The van der Waals surface area contributed by atoms with Crippen molar-refractivity contribution in [3.63, 3.8) is 0 Å². The molecule has 24 heavy (non-hydrogen) atoms. The van der Waals surface area contributed by atoms with E-state index in [1.165, 1.54) is 23.9 Å². The van der Waals surface area contributed by atoms with E-state index in [1.807, 2.05) is 31.2 Å². The van der Waals surface area contributed by atoms with Crippen LogP contribution in [0.4, 0.5) is 0 Å². The number of thioether (sulfide) groups is 1. The molecule has 0 N–H and O–H groups in total. The average molecular weight is 341 g/mol. The van der Waals surface area contributed by atoms with Crippen LogP contribution in [0.5, 0.6) is 0 Å². The molecular weight excluding hydrogens is 326 g/mol. The fourth-order valence-electron chi connectivity index (χ4n) is 2.28. The second kappa shape index (κ2) is 6.49. The standard InChI is InChI=1S/C18H15NO4S/c1-11-7-9-13(10-8-11)24-12(2)18(22)23-19-16(20)14-5-3-4-6-15(14)17(19)21/h3-10,12H,1-2H3. The Balaban J connectivity index is 1.68. The number of imide groups is 1. The van der Waals surface area contributed by atoms with Gasteiger partial charge < -0.3 is 4.84 Å². The Morgan fingerprint density at radius 2 is 1.54 bits per heavy atom. The molecule has 122 valence electrons. The van der Waals surface area contributed by atoms with Crippen molar-refractivity contribution < 1.29 is 19.2 Å². The van der Waals surface area contributed by atoms with Crippen molar-refractivity contribution in [1.82, 2.24) is 5.06 Å². The van der Waals surface area contributed by atoms with Crippen LogP contribution in [0.25, 0.3) is 0 Å². The molecule has 0 fully saturated rings. The van der Waals surface area contributed by atoms with E-state index in [0.717, 1.165) is 10.5 Å². The predicted octanol–water partition coefficient (Wildman–Crippen LogP) is 3.23. The van der Waals surface area contributed by atoms with E-state index >= 15 is 0 Å². The lowest BCUT2D eigenvalue weighted by molar-refractivity contribution is -0.167. The van der Waals surface area contributed by atoms with Crippen molar-refractivity contribution in [2.75, 3.05) is 0 Å². The fraction of sp³-hybridized carbons (Fsp3) is 0.167. The highest BCUT2D eigenvalue weighted by atomic mass is 32.2. The highest BCUT2D eigenvalue weighted by Gasteiger charge is 2.39. The Hall–Kier alpha value is -2.60. The van der Waals surface area contributed by atoms with Gasteiger partial charge in [0.15, 0.2) is 0 Å². The third-order valence-corrected chi connectivity index (χ3v) is 4.69. The van der Waals surface area contributed by atoms with Gasteiger partial charge in [-0.05, 0) is 38.1 Å². The number of fused-ring (bicyclic) bond motifs is 1. The first-order valence-electron chi connectivity index (χ1n) is 7.40. The Morgan fingerprint density at radius 3 is 2.08 bits per heavy atom. The summed E-state index contributed by atoms with van der Waals surface area (Å²) in [5.41, 5.74) is 1.61. The van der Waals surface area contributed by atoms with E-state index in [4.69, 9.17) is 4.84 Å². The Morgan fingerprint density at radius 1 is 1.00 bits per heavy atom. The molecule has 3 rings (SSSR count). The molecule has 1 heterocycles. The highest BCUT2D eigenvalue weighted by Crippen LogP contribution is 2.27. The largest absolute Gasteiger partial charge is 0.346 e. The summed E-state index contributed by atoms with van der Waals surface area (Å²) in [6.45, 7) is 3.65. The van der Waals surface area contributed by atoms with Gasteiger partial charge in [-0.15, -0.1) is 11.8 Å². The van der Waals surface area contributed by atoms with Crippen LogP contribution in [0.1, 0.15) is 33.2 Å². The Labute approximate surface area is 143 Å². The van der Waals surface area contributed by atoms with Gasteiger partial charge in [-0.2, -0.15) is 0 Å². The zero-order valence-electron chi connectivity index (χ0n) is 13.2. The molecule has 0 spiro atoms. The van der Waals surface area contributed by atoms with Gasteiger partial charge in [0, 0.05) is 4.90 Å². The maximum atomic E-state index is 12.2. The summed E-state index contributed by atoms with van der Waals surface area (Å²) in [5, 5.41) is -0.0174. The molecule has 0 radical (unpaired) electrons.